The van der Waals surface area contributed by atoms with Crippen molar-refractivity contribution in [2.45, 2.75) is 12.3 Å². The quantitative estimate of drug-likeness (QED) is 0.184. The molecule has 2 unspecified atom stereocenters. The van der Waals surface area contributed by atoms with E-state index in [1.54, 1.807) is 0 Å². The maximum Gasteiger partial charge on any atom is 0.136 e. The van der Waals surface area contributed by atoms with Gasteiger partial charge in [0.25, 0.3) is 0 Å². The predicted molar refractivity (Wildman–Crippen MR) is 238 cm³/mol. The van der Waals surface area contributed by atoms with E-state index in [4.69, 9.17) is 9.41 Å². The minimum Gasteiger partial charge on any atom is -0.456 e. The lowest BCUT2D eigenvalue weighted by atomic mass is 9.97. The van der Waals surface area contributed by atoms with Crippen molar-refractivity contribution in [3.8, 4) is 16.8 Å². The number of aliphatic imine (C=N–C) groups is 1. The van der Waals surface area contributed by atoms with E-state index in [1.807, 2.05) is 17.4 Å². The van der Waals surface area contributed by atoms with Gasteiger partial charge in [0.05, 0.1) is 11.0 Å². The van der Waals surface area contributed by atoms with E-state index in [0.29, 0.717) is 0 Å². The molecular weight excluding hydrogens is 717 g/mol. The molecule has 2 N–H and O–H groups in total. The molecule has 1 aliphatic rings. The molecule has 0 bridgehead atoms. The summed E-state index contributed by atoms with van der Waals surface area (Å²) in [5.74, 6) is 0.877. The van der Waals surface area contributed by atoms with Crippen molar-refractivity contribution in [2.24, 2.45) is 4.99 Å². The van der Waals surface area contributed by atoms with Crippen LogP contribution in [0, 0.1) is 0 Å². The molecule has 5 nitrogen and oxygen atoms in total. The molecule has 0 aliphatic carbocycles. The first-order valence-electron chi connectivity index (χ1n) is 19.4. The summed E-state index contributed by atoms with van der Waals surface area (Å²) in [6.45, 7) is 0. The van der Waals surface area contributed by atoms with Crippen LogP contribution in [0.3, 0.4) is 0 Å². The Labute approximate surface area is 332 Å². The van der Waals surface area contributed by atoms with Gasteiger partial charge in [-0.3, -0.25) is 5.32 Å². The lowest BCUT2D eigenvalue weighted by Gasteiger charge is -2.32. The van der Waals surface area contributed by atoms with Crippen molar-refractivity contribution in [1.82, 2.24) is 15.2 Å². The highest BCUT2D eigenvalue weighted by Crippen LogP contribution is 2.45. The lowest BCUT2D eigenvalue weighted by molar-refractivity contribution is 0.409. The fourth-order valence-corrected chi connectivity index (χ4v) is 10.1. The van der Waals surface area contributed by atoms with Gasteiger partial charge in [0.1, 0.15) is 29.3 Å². The third kappa shape index (κ3) is 5.15. The van der Waals surface area contributed by atoms with Crippen LogP contribution >= 0.6 is 11.3 Å². The third-order valence-electron chi connectivity index (χ3n) is 11.5. The molecule has 3 aromatic heterocycles. The highest BCUT2D eigenvalue weighted by atomic mass is 32.1. The average molecular weight is 751 g/mol. The van der Waals surface area contributed by atoms with Gasteiger partial charge >= 0.3 is 0 Å². The number of furan rings is 1. The van der Waals surface area contributed by atoms with Crippen molar-refractivity contribution in [2.75, 3.05) is 0 Å². The summed E-state index contributed by atoms with van der Waals surface area (Å²) in [4.78, 5) is 5.24. The van der Waals surface area contributed by atoms with E-state index >= 15 is 0 Å². The second-order valence-electron chi connectivity index (χ2n) is 14.8. The summed E-state index contributed by atoms with van der Waals surface area (Å²) >= 11 is 1.85. The second-order valence-corrected chi connectivity index (χ2v) is 15.8. The topological polar surface area (TPSA) is 54.5 Å². The van der Waals surface area contributed by atoms with E-state index in [-0.39, 0.29) is 12.3 Å². The Bertz CT molecular complexity index is 3320. The number of thiophene rings is 1. The highest BCUT2D eigenvalue weighted by Gasteiger charge is 2.26. The van der Waals surface area contributed by atoms with E-state index in [0.717, 1.165) is 44.6 Å². The van der Waals surface area contributed by atoms with Crippen LogP contribution in [0.1, 0.15) is 29.0 Å². The van der Waals surface area contributed by atoms with E-state index in [1.165, 1.54) is 58.7 Å². The van der Waals surface area contributed by atoms with Gasteiger partial charge in [0, 0.05) is 58.5 Å². The Hall–Kier alpha value is -6.99. The third-order valence-corrected chi connectivity index (χ3v) is 12.7. The molecule has 11 aromatic rings. The van der Waals surface area contributed by atoms with Crippen LogP contribution in [0.15, 0.2) is 191 Å². The molecule has 0 fully saturated rings. The molecule has 0 saturated carbocycles. The Morgan fingerprint density at radius 2 is 1.21 bits per heavy atom. The molecule has 12 rings (SSSR count). The standard InChI is InChI=1S/C51H34N4OS/c1-3-13-31(14-4-1)49-52-50(32-15-5-2-6-16-32)54-51(53-49)33-25-28-46-40(29-33)39-21-11-20-38(48(39)57-46)37-19-12-24-45-47(37)41-30-34(26-27-44(41)56-45)55-42-22-9-7-17-35(42)36-18-8-10-23-43(36)55/h1-30,49-50,52H,(H,53,54). The maximum absolute atomic E-state index is 6.57. The van der Waals surface area contributed by atoms with E-state index in [9.17, 15) is 0 Å². The SMILES string of the molecule is c1ccc(C2N=C(c3ccc4sc5c(-c6cccc7oc8ccc(-n9c%10ccccc%10c%10ccccc%109)cc8c67)cccc5c4c3)NC(c3ccccc3)N2)cc1. The van der Waals surface area contributed by atoms with Crippen LogP contribution in [0.4, 0.5) is 0 Å². The number of rotatable bonds is 5. The molecule has 0 amide bonds. The Morgan fingerprint density at radius 1 is 0.526 bits per heavy atom. The zero-order valence-electron chi connectivity index (χ0n) is 30.7. The molecule has 270 valence electrons. The number of fused-ring (bicyclic) bond motifs is 9. The van der Waals surface area contributed by atoms with Crippen LogP contribution in [0.2, 0.25) is 0 Å². The highest BCUT2D eigenvalue weighted by molar-refractivity contribution is 7.26. The molecule has 0 radical (unpaired) electrons. The van der Waals surface area contributed by atoms with Crippen LogP contribution in [0.5, 0.6) is 0 Å². The molecule has 8 aromatic carbocycles. The maximum atomic E-state index is 6.57. The summed E-state index contributed by atoms with van der Waals surface area (Å²) in [5.41, 5.74) is 11.0. The van der Waals surface area contributed by atoms with Crippen molar-refractivity contribution in [3.05, 3.63) is 199 Å². The number of hydrogen-bond donors (Lipinski definition) is 2. The van der Waals surface area contributed by atoms with E-state index in [2.05, 4.69) is 191 Å². The monoisotopic (exact) mass is 750 g/mol. The Balaban J connectivity index is 1.00. The number of aromatic nitrogens is 1. The fraction of sp³-hybridized carbons (Fsp3) is 0.0392. The van der Waals surface area contributed by atoms with Gasteiger partial charge in [-0.05, 0) is 71.3 Å². The van der Waals surface area contributed by atoms with Crippen molar-refractivity contribution in [3.63, 3.8) is 0 Å². The number of nitrogens with one attached hydrogen (secondary N) is 2. The summed E-state index contributed by atoms with van der Waals surface area (Å²) in [6.07, 6.45) is -0.277. The fourth-order valence-electron chi connectivity index (χ4n) is 8.87. The predicted octanol–water partition coefficient (Wildman–Crippen LogP) is 13.1. The van der Waals surface area contributed by atoms with Gasteiger partial charge in [0.15, 0.2) is 0 Å². The lowest BCUT2D eigenvalue weighted by Crippen LogP contribution is -2.44. The van der Waals surface area contributed by atoms with Gasteiger partial charge in [-0.2, -0.15) is 0 Å². The van der Waals surface area contributed by atoms with Crippen LogP contribution in [0.25, 0.3) is 80.7 Å². The van der Waals surface area contributed by atoms with Crippen molar-refractivity contribution < 1.29 is 4.42 Å². The van der Waals surface area contributed by atoms with Gasteiger partial charge in [-0.25, -0.2) is 4.99 Å². The zero-order chi connectivity index (χ0) is 37.5. The minimum atomic E-state index is -0.185. The molecule has 4 heterocycles. The minimum absolute atomic E-state index is 0.0915. The first kappa shape index (κ1) is 32.3. The summed E-state index contributed by atoms with van der Waals surface area (Å²) in [5, 5.41) is 14.6. The molecule has 0 saturated heterocycles. The average Bonchev–Trinajstić information content (AvgIpc) is 3.96. The summed E-state index contributed by atoms with van der Waals surface area (Å²) in [7, 11) is 0. The number of amidine groups is 1. The van der Waals surface area contributed by atoms with Crippen LogP contribution < -0.4 is 10.6 Å². The smallest absolute Gasteiger partial charge is 0.136 e. The number of hydrogen-bond acceptors (Lipinski definition) is 5. The van der Waals surface area contributed by atoms with Crippen molar-refractivity contribution >= 4 is 81.1 Å². The first-order valence-corrected chi connectivity index (χ1v) is 20.2. The zero-order valence-corrected chi connectivity index (χ0v) is 31.5. The van der Waals surface area contributed by atoms with Crippen molar-refractivity contribution in [1.29, 1.82) is 0 Å². The number of benzene rings is 8. The van der Waals surface area contributed by atoms with Gasteiger partial charge in [-0.1, -0.05) is 127 Å². The Kier molecular flexibility index (Phi) is 7.24. The normalized spacial score (nSPS) is 15.9. The number of nitrogens with zero attached hydrogens (tertiary/aromatic N) is 2. The molecule has 1 aliphatic heterocycles. The van der Waals surface area contributed by atoms with Crippen LogP contribution in [-0.2, 0) is 0 Å². The first-order chi connectivity index (χ1) is 28.2. The van der Waals surface area contributed by atoms with Gasteiger partial charge < -0.3 is 14.3 Å². The van der Waals surface area contributed by atoms with E-state index < -0.39 is 0 Å². The molecule has 57 heavy (non-hydrogen) atoms. The van der Waals surface area contributed by atoms with Crippen LogP contribution in [-0.4, -0.2) is 10.4 Å². The molecule has 2 atom stereocenters. The molecule has 0 spiro atoms. The largest absolute Gasteiger partial charge is 0.456 e. The van der Waals surface area contributed by atoms with Gasteiger partial charge in [-0.15, -0.1) is 11.3 Å². The molecule has 6 heteroatoms. The summed E-state index contributed by atoms with van der Waals surface area (Å²) in [6, 6.07) is 64.9. The number of para-hydroxylation sites is 2. The molecular formula is C51H34N4OS. The summed E-state index contributed by atoms with van der Waals surface area (Å²) < 4.78 is 11.4. The Morgan fingerprint density at radius 3 is 2.00 bits per heavy atom. The second kappa shape index (κ2) is 12.8. The van der Waals surface area contributed by atoms with Gasteiger partial charge in [0.2, 0.25) is 0 Å².